The zero-order valence-corrected chi connectivity index (χ0v) is 13.4. The predicted octanol–water partition coefficient (Wildman–Crippen LogP) is 2.74. The highest BCUT2D eigenvalue weighted by molar-refractivity contribution is 9.10. The summed E-state index contributed by atoms with van der Waals surface area (Å²) in [6.45, 7) is 2.06. The summed E-state index contributed by atoms with van der Waals surface area (Å²) < 4.78 is 0.845. The Morgan fingerprint density at radius 1 is 1.50 bits per heavy atom. The van der Waals surface area contributed by atoms with Crippen LogP contribution in [0.25, 0.3) is 0 Å². The third-order valence-corrected chi connectivity index (χ3v) is 4.98. The second-order valence-corrected chi connectivity index (χ2v) is 6.81. The maximum Gasteiger partial charge on any atom is 0.234 e. The van der Waals surface area contributed by atoms with E-state index in [4.69, 9.17) is 5.26 Å². The van der Waals surface area contributed by atoms with Crippen molar-refractivity contribution in [2.24, 2.45) is 0 Å². The molecule has 20 heavy (non-hydrogen) atoms. The van der Waals surface area contributed by atoms with E-state index in [2.05, 4.69) is 32.6 Å². The molecular formula is C14H16BrN3OS. The lowest BCUT2D eigenvalue weighted by atomic mass is 10.2. The van der Waals surface area contributed by atoms with Gasteiger partial charge in [-0.2, -0.15) is 5.26 Å². The third-order valence-electron chi connectivity index (χ3n) is 3.11. The molecule has 0 aromatic heterocycles. The molecule has 1 amide bonds. The number of hydrogen-bond acceptors (Lipinski definition) is 4. The molecule has 2 N–H and O–H groups in total. The van der Waals surface area contributed by atoms with Crippen LogP contribution in [-0.2, 0) is 4.79 Å². The van der Waals surface area contributed by atoms with E-state index in [0.717, 1.165) is 30.4 Å². The Balaban J connectivity index is 1.88. The smallest absolute Gasteiger partial charge is 0.234 e. The fourth-order valence-electron chi connectivity index (χ4n) is 2.06. The van der Waals surface area contributed by atoms with Crippen molar-refractivity contribution in [3.63, 3.8) is 0 Å². The molecule has 1 aliphatic rings. The van der Waals surface area contributed by atoms with Crippen LogP contribution in [0.3, 0.4) is 0 Å². The SMILES string of the molecule is N#Cc1ccc(Br)cc1NC(=O)CSC1CCNCC1. The number of benzene rings is 1. The summed E-state index contributed by atoms with van der Waals surface area (Å²) in [4.78, 5) is 12.0. The van der Waals surface area contributed by atoms with E-state index in [0.29, 0.717) is 22.3 Å². The van der Waals surface area contributed by atoms with Crippen molar-refractivity contribution in [1.29, 1.82) is 5.26 Å². The van der Waals surface area contributed by atoms with Crippen molar-refractivity contribution in [3.05, 3.63) is 28.2 Å². The highest BCUT2D eigenvalue weighted by Gasteiger charge is 2.15. The van der Waals surface area contributed by atoms with Crippen LogP contribution < -0.4 is 10.6 Å². The monoisotopic (exact) mass is 353 g/mol. The zero-order chi connectivity index (χ0) is 14.4. The Morgan fingerprint density at radius 3 is 2.95 bits per heavy atom. The molecule has 2 rings (SSSR count). The Labute approximate surface area is 131 Å². The van der Waals surface area contributed by atoms with Gasteiger partial charge < -0.3 is 10.6 Å². The number of nitrogens with one attached hydrogen (secondary N) is 2. The summed E-state index contributed by atoms with van der Waals surface area (Å²) in [5.41, 5.74) is 1.05. The summed E-state index contributed by atoms with van der Waals surface area (Å²) in [6.07, 6.45) is 2.22. The first-order chi connectivity index (χ1) is 9.69. The van der Waals surface area contributed by atoms with Gasteiger partial charge in [0.2, 0.25) is 5.91 Å². The molecule has 1 aromatic carbocycles. The molecule has 1 saturated heterocycles. The van der Waals surface area contributed by atoms with Crippen LogP contribution in [0.15, 0.2) is 22.7 Å². The molecule has 1 aromatic rings. The first-order valence-corrected chi connectivity index (χ1v) is 8.35. The molecule has 0 aliphatic carbocycles. The zero-order valence-electron chi connectivity index (χ0n) is 11.0. The number of carbonyl (C=O) groups is 1. The molecule has 0 saturated carbocycles. The minimum Gasteiger partial charge on any atom is -0.324 e. The topological polar surface area (TPSA) is 64.9 Å². The van der Waals surface area contributed by atoms with E-state index in [-0.39, 0.29) is 5.91 Å². The van der Waals surface area contributed by atoms with Crippen LogP contribution in [0.4, 0.5) is 5.69 Å². The molecule has 1 aliphatic heterocycles. The van der Waals surface area contributed by atoms with Crippen LogP contribution in [-0.4, -0.2) is 30.0 Å². The van der Waals surface area contributed by atoms with E-state index in [1.807, 2.05) is 0 Å². The number of piperidine rings is 1. The van der Waals surface area contributed by atoms with Gasteiger partial charge in [-0.3, -0.25) is 4.79 Å². The number of amides is 1. The van der Waals surface area contributed by atoms with E-state index in [1.165, 1.54) is 0 Å². The molecule has 4 nitrogen and oxygen atoms in total. The number of rotatable bonds is 4. The van der Waals surface area contributed by atoms with Gasteiger partial charge in [-0.15, -0.1) is 11.8 Å². The van der Waals surface area contributed by atoms with Crippen molar-refractivity contribution in [2.75, 3.05) is 24.2 Å². The number of carbonyl (C=O) groups excluding carboxylic acids is 1. The Hall–Kier alpha value is -1.03. The second kappa shape index (κ2) is 7.67. The number of anilines is 1. The Morgan fingerprint density at radius 2 is 2.25 bits per heavy atom. The normalized spacial score (nSPS) is 15.6. The molecule has 106 valence electrons. The molecule has 1 fully saturated rings. The fourth-order valence-corrected chi connectivity index (χ4v) is 3.45. The summed E-state index contributed by atoms with van der Waals surface area (Å²) in [5.74, 6) is 0.380. The van der Waals surface area contributed by atoms with E-state index < -0.39 is 0 Å². The number of thioether (sulfide) groups is 1. The summed E-state index contributed by atoms with van der Waals surface area (Å²) in [5, 5.41) is 15.7. The number of halogens is 1. The number of nitrogens with zero attached hydrogens (tertiary/aromatic N) is 1. The molecule has 1 heterocycles. The van der Waals surface area contributed by atoms with Gasteiger partial charge in [0.05, 0.1) is 17.0 Å². The Bertz CT molecular complexity index is 524. The van der Waals surface area contributed by atoms with Gasteiger partial charge in [-0.1, -0.05) is 15.9 Å². The maximum absolute atomic E-state index is 12.0. The highest BCUT2D eigenvalue weighted by Crippen LogP contribution is 2.23. The van der Waals surface area contributed by atoms with Crippen molar-refractivity contribution in [3.8, 4) is 6.07 Å². The van der Waals surface area contributed by atoms with Gasteiger partial charge in [0.25, 0.3) is 0 Å². The largest absolute Gasteiger partial charge is 0.324 e. The fraction of sp³-hybridized carbons (Fsp3) is 0.429. The molecule has 0 unspecified atom stereocenters. The van der Waals surface area contributed by atoms with Gasteiger partial charge in [0.1, 0.15) is 6.07 Å². The standard InChI is InChI=1S/C14H16BrN3OS/c15-11-2-1-10(8-16)13(7-11)18-14(19)9-20-12-3-5-17-6-4-12/h1-2,7,12,17H,3-6,9H2,(H,18,19). The van der Waals surface area contributed by atoms with Crippen LogP contribution in [0.2, 0.25) is 0 Å². The van der Waals surface area contributed by atoms with Crippen molar-refractivity contribution in [2.45, 2.75) is 18.1 Å². The minimum atomic E-state index is -0.0527. The lowest BCUT2D eigenvalue weighted by Crippen LogP contribution is -2.30. The Kier molecular flexibility index (Phi) is 5.89. The molecule has 0 spiro atoms. The highest BCUT2D eigenvalue weighted by atomic mass is 79.9. The van der Waals surface area contributed by atoms with Gasteiger partial charge in [-0.25, -0.2) is 0 Å². The quantitative estimate of drug-likeness (QED) is 0.873. The van der Waals surface area contributed by atoms with Crippen LogP contribution in [0.1, 0.15) is 18.4 Å². The molecular weight excluding hydrogens is 338 g/mol. The summed E-state index contributed by atoms with van der Waals surface area (Å²) in [6, 6.07) is 7.32. The van der Waals surface area contributed by atoms with Gasteiger partial charge in [-0.05, 0) is 44.1 Å². The van der Waals surface area contributed by atoms with E-state index in [1.54, 1.807) is 30.0 Å². The molecule has 0 bridgehead atoms. The van der Waals surface area contributed by atoms with E-state index >= 15 is 0 Å². The van der Waals surface area contributed by atoms with Crippen LogP contribution in [0.5, 0.6) is 0 Å². The first-order valence-electron chi connectivity index (χ1n) is 6.51. The van der Waals surface area contributed by atoms with Crippen LogP contribution >= 0.6 is 27.7 Å². The number of nitriles is 1. The summed E-state index contributed by atoms with van der Waals surface area (Å²) in [7, 11) is 0. The number of hydrogen-bond donors (Lipinski definition) is 2. The van der Waals surface area contributed by atoms with Crippen LogP contribution in [0, 0.1) is 11.3 Å². The van der Waals surface area contributed by atoms with Crippen molar-refractivity contribution in [1.82, 2.24) is 5.32 Å². The van der Waals surface area contributed by atoms with E-state index in [9.17, 15) is 4.79 Å². The lowest BCUT2D eigenvalue weighted by Gasteiger charge is -2.21. The van der Waals surface area contributed by atoms with Crippen molar-refractivity contribution >= 4 is 39.3 Å². The predicted molar refractivity (Wildman–Crippen MR) is 85.8 cm³/mol. The van der Waals surface area contributed by atoms with Crippen molar-refractivity contribution < 1.29 is 4.79 Å². The maximum atomic E-state index is 12.0. The third kappa shape index (κ3) is 4.51. The molecule has 0 atom stereocenters. The molecule has 6 heteroatoms. The average molecular weight is 354 g/mol. The summed E-state index contributed by atoms with van der Waals surface area (Å²) >= 11 is 5.04. The second-order valence-electron chi connectivity index (χ2n) is 4.61. The lowest BCUT2D eigenvalue weighted by molar-refractivity contribution is -0.113. The van der Waals surface area contributed by atoms with Gasteiger partial charge in [0.15, 0.2) is 0 Å². The van der Waals surface area contributed by atoms with Gasteiger partial charge >= 0.3 is 0 Å². The first kappa shape index (κ1) is 15.4. The molecule has 0 radical (unpaired) electrons. The average Bonchev–Trinajstić information content (AvgIpc) is 2.46. The minimum absolute atomic E-state index is 0.0527. The van der Waals surface area contributed by atoms with Gasteiger partial charge in [0, 0.05) is 9.72 Å².